The predicted molar refractivity (Wildman–Crippen MR) is 39.0 cm³/mol. The Kier molecular flexibility index (Phi) is 16.8. The van der Waals surface area contributed by atoms with Crippen LogP contribution in [0.25, 0.3) is 0 Å². The fourth-order valence-corrected chi connectivity index (χ4v) is 0. The van der Waals surface area contributed by atoms with E-state index in [1.54, 1.807) is 0 Å². The summed E-state index contributed by atoms with van der Waals surface area (Å²) in [6, 6.07) is 0. The topological polar surface area (TPSA) is 0 Å². The first-order valence-corrected chi connectivity index (χ1v) is 3.00. The molecule has 0 aliphatic rings. The van der Waals surface area contributed by atoms with Crippen LogP contribution in [0.1, 0.15) is 0 Å². The molecule has 0 saturated carbocycles. The number of hydrogen-bond donors (Lipinski definition) is 0. The summed E-state index contributed by atoms with van der Waals surface area (Å²) in [5.41, 5.74) is 0. The van der Waals surface area contributed by atoms with Gasteiger partial charge >= 0.3 is 6.08 Å². The molecule has 0 aliphatic heterocycles. The van der Waals surface area contributed by atoms with Crippen LogP contribution >= 0.6 is 11.6 Å². The highest BCUT2D eigenvalue weighted by molar-refractivity contribution is 6.28. The average molecular weight is 263 g/mol. The van der Waals surface area contributed by atoms with Crippen LogP contribution in [0.15, 0.2) is 36.4 Å². The lowest BCUT2D eigenvalue weighted by Crippen LogP contribution is -1.54. The Morgan fingerprint density at radius 1 is 0.933 bits per heavy atom. The van der Waals surface area contributed by atoms with Crippen LogP contribution in [0.2, 0.25) is 0 Å². The van der Waals surface area contributed by atoms with Crippen LogP contribution in [0.4, 0.5) is 35.1 Å². The van der Waals surface area contributed by atoms with Gasteiger partial charge in [-0.1, -0.05) is 0 Å². The third-order valence-electron chi connectivity index (χ3n) is 0.225. The Balaban J connectivity index is -0.000000147. The summed E-state index contributed by atoms with van der Waals surface area (Å²) < 4.78 is 82.8. The van der Waals surface area contributed by atoms with Crippen molar-refractivity contribution in [2.45, 2.75) is 0 Å². The van der Waals surface area contributed by atoms with Gasteiger partial charge in [0.05, 0.1) is 0 Å². The minimum Gasteiger partial charge on any atom is -0.210 e. The number of hydrogen-bond acceptors (Lipinski definition) is 0. The summed E-state index contributed by atoms with van der Waals surface area (Å²) in [5.74, 6) is 0. The van der Waals surface area contributed by atoms with E-state index < -0.39 is 29.9 Å². The highest BCUT2D eigenvalue weighted by Gasteiger charge is 1.95. The van der Waals surface area contributed by atoms with Crippen molar-refractivity contribution in [2.24, 2.45) is 0 Å². The lowest BCUT2D eigenvalue weighted by Gasteiger charge is -1.70. The van der Waals surface area contributed by atoms with Gasteiger partial charge in [-0.25, -0.2) is 4.39 Å². The maximum Gasteiger partial charge on any atom is 0.317 e. The molecule has 9 heteroatoms. The third-order valence-corrected chi connectivity index (χ3v) is 0.368. The van der Waals surface area contributed by atoms with E-state index in [1.807, 2.05) is 0 Å². The normalized spacial score (nSPS) is 7.27. The molecule has 0 bridgehead atoms. The van der Waals surface area contributed by atoms with E-state index in [0.29, 0.717) is 0 Å². The molecule has 0 radical (unpaired) electrons. The first-order valence-electron chi connectivity index (χ1n) is 2.62. The monoisotopic (exact) mass is 262 g/mol. The van der Waals surface area contributed by atoms with Crippen molar-refractivity contribution in [3.63, 3.8) is 0 Å². The van der Waals surface area contributed by atoms with Crippen LogP contribution in [-0.2, 0) is 0 Å². The zero-order chi connectivity index (χ0) is 13.0. The average Bonchev–Trinajstić information content (AvgIpc) is 2.04. The quantitative estimate of drug-likeness (QED) is 0.516. The van der Waals surface area contributed by atoms with Crippen LogP contribution < -0.4 is 0 Å². The van der Waals surface area contributed by atoms with Crippen molar-refractivity contribution < 1.29 is 35.1 Å². The molecule has 0 spiro atoms. The molecule has 0 fully saturated rings. The highest BCUT2D eigenvalue weighted by Crippen LogP contribution is 2.11. The summed E-state index contributed by atoms with van der Waals surface area (Å²) >= 11 is 4.08. The lowest BCUT2D eigenvalue weighted by atomic mass is 11.1. The second kappa shape index (κ2) is 12.9. The van der Waals surface area contributed by atoms with Crippen LogP contribution in [0.3, 0.4) is 0 Å². The molecule has 0 heterocycles. The second-order valence-corrected chi connectivity index (χ2v) is 1.59. The molecule has 0 nitrogen and oxygen atoms in total. The molecule has 0 aromatic heterocycles. The fourth-order valence-electron chi connectivity index (χ4n) is 0. The Morgan fingerprint density at radius 2 is 1.07 bits per heavy atom. The Morgan fingerprint density at radius 3 is 1.07 bits per heavy atom. The smallest absolute Gasteiger partial charge is 0.210 e. The van der Waals surface area contributed by atoms with Gasteiger partial charge in [0.1, 0.15) is 0 Å². The van der Waals surface area contributed by atoms with Gasteiger partial charge in [-0.15, -0.1) is 0 Å². The summed E-state index contributed by atoms with van der Waals surface area (Å²) in [6.45, 7) is 2.22. The Labute approximate surface area is 84.1 Å². The number of halogens is 9. The summed E-state index contributed by atoms with van der Waals surface area (Å²) in [7, 11) is 0. The number of rotatable bonds is 0. The van der Waals surface area contributed by atoms with E-state index in [0.717, 1.165) is 0 Å². The first kappa shape index (κ1) is 19.5. The molecule has 0 atom stereocenters. The first-order chi connectivity index (χ1) is 6.64. The SMILES string of the molecule is C=C(F)F.FC(F)=C(F)Cl.FC=C(F)F. The standard InChI is InChI=1S/C2ClF3.C2HF3.C2H2F2/c3-1(4)2(5)6;3-1-2(4)5;1-2(3)4/h;1H;1H2. The van der Waals surface area contributed by atoms with Gasteiger partial charge in [-0.3, -0.25) is 0 Å². The molecule has 90 valence electrons. The van der Waals surface area contributed by atoms with E-state index in [4.69, 9.17) is 0 Å². The maximum absolute atomic E-state index is 10.7. The van der Waals surface area contributed by atoms with Gasteiger partial charge in [0.15, 0.2) is 6.33 Å². The highest BCUT2D eigenvalue weighted by atomic mass is 35.5. The van der Waals surface area contributed by atoms with Crippen molar-refractivity contribution in [3.8, 4) is 0 Å². The van der Waals surface area contributed by atoms with Crippen molar-refractivity contribution in [2.75, 3.05) is 0 Å². The molecule has 0 amide bonds. The van der Waals surface area contributed by atoms with Gasteiger partial charge in [-0.05, 0) is 18.2 Å². The molecule has 0 N–H and O–H groups in total. The van der Waals surface area contributed by atoms with E-state index in [9.17, 15) is 35.1 Å². The third kappa shape index (κ3) is 63.4. The van der Waals surface area contributed by atoms with Gasteiger partial charge in [0.2, 0.25) is 0 Å². The van der Waals surface area contributed by atoms with Crippen molar-refractivity contribution in [1.82, 2.24) is 0 Å². The summed E-state index contributed by atoms with van der Waals surface area (Å²) in [4.78, 5) is 0. The van der Waals surface area contributed by atoms with Crippen molar-refractivity contribution >= 4 is 11.6 Å². The summed E-state index contributed by atoms with van der Waals surface area (Å²) in [5, 5.41) is -1.94. The molecule has 0 unspecified atom stereocenters. The zero-order valence-corrected chi connectivity index (χ0v) is 7.44. The molecular formula is C6H3ClF8. The zero-order valence-electron chi connectivity index (χ0n) is 6.69. The van der Waals surface area contributed by atoms with Crippen LogP contribution in [0.5, 0.6) is 0 Å². The molecular weight excluding hydrogens is 260 g/mol. The van der Waals surface area contributed by atoms with E-state index in [-0.39, 0.29) is 0 Å². The summed E-state index contributed by atoms with van der Waals surface area (Å²) in [6.07, 6.45) is -7.35. The molecule has 0 aromatic rings. The van der Waals surface area contributed by atoms with Crippen LogP contribution in [0, 0.1) is 0 Å². The van der Waals surface area contributed by atoms with Gasteiger partial charge in [-0.2, -0.15) is 30.7 Å². The predicted octanol–water partition coefficient (Wildman–Crippen LogP) is 5.35. The van der Waals surface area contributed by atoms with Gasteiger partial charge < -0.3 is 0 Å². The van der Waals surface area contributed by atoms with Crippen LogP contribution in [-0.4, -0.2) is 0 Å². The van der Waals surface area contributed by atoms with E-state index in [2.05, 4.69) is 18.2 Å². The minimum atomic E-state index is -2.48. The van der Waals surface area contributed by atoms with Crippen molar-refractivity contribution in [3.05, 3.63) is 36.4 Å². The van der Waals surface area contributed by atoms with E-state index in [1.165, 1.54) is 0 Å². The Bertz CT molecular complexity index is 207. The van der Waals surface area contributed by atoms with Gasteiger partial charge in [0.25, 0.3) is 17.4 Å². The molecule has 0 aromatic carbocycles. The lowest BCUT2D eigenvalue weighted by molar-refractivity contribution is 0.393. The van der Waals surface area contributed by atoms with Crippen molar-refractivity contribution in [1.29, 1.82) is 0 Å². The second-order valence-electron chi connectivity index (χ2n) is 1.26. The molecule has 0 saturated heterocycles. The fraction of sp³-hybridized carbons (Fsp3) is 0. The molecule has 15 heavy (non-hydrogen) atoms. The maximum atomic E-state index is 10.7. The molecule has 0 aliphatic carbocycles. The molecule has 0 rings (SSSR count). The Hall–Kier alpha value is -1.05. The largest absolute Gasteiger partial charge is 0.317 e. The van der Waals surface area contributed by atoms with E-state index >= 15 is 0 Å². The van der Waals surface area contributed by atoms with Gasteiger partial charge in [0, 0.05) is 0 Å². The minimum absolute atomic E-state index is 0.750.